The number of nitrogens with two attached hydrogens (primary N) is 1. The lowest BCUT2D eigenvalue weighted by molar-refractivity contribution is -0.134. The predicted molar refractivity (Wildman–Crippen MR) is 158 cm³/mol. The van der Waals surface area contributed by atoms with E-state index in [9.17, 15) is 34.2 Å². The Bertz CT molecular complexity index is 1030. The number of rotatable bonds is 7. The number of amides is 5. The highest BCUT2D eigenvalue weighted by atomic mass is 33.1. The average molecular weight is 613 g/mol. The maximum absolute atomic E-state index is 13.1. The summed E-state index contributed by atoms with van der Waals surface area (Å²) in [7, 11) is 2.87. The number of hydrogen-bond donors (Lipinski definition) is 8. The van der Waals surface area contributed by atoms with Gasteiger partial charge in [-0.1, -0.05) is 33.7 Å². The number of aliphatic hydroxyl groups excluding tert-OH is 1. The highest BCUT2D eigenvalue weighted by Gasteiger charge is 2.30. The molecule has 0 spiro atoms. The number of phenols is 1. The van der Waals surface area contributed by atoms with Crippen LogP contribution >= 0.6 is 21.6 Å². The van der Waals surface area contributed by atoms with Crippen LogP contribution in [0.1, 0.15) is 38.2 Å². The van der Waals surface area contributed by atoms with E-state index >= 15 is 0 Å². The minimum Gasteiger partial charge on any atom is -0.508 e. The molecule has 0 radical (unpaired) electrons. The molecule has 15 heteroatoms. The smallest absolute Gasteiger partial charge is 0.245 e. The number of unbranched alkanes of at least 4 members (excludes halogenated alkanes) is 1. The highest BCUT2D eigenvalue weighted by molar-refractivity contribution is 8.76. The van der Waals surface area contributed by atoms with Crippen LogP contribution in [0.15, 0.2) is 24.3 Å². The number of aliphatic hydroxyl groups is 1. The SMILES string of the molecule is C[C@@H](O)[C@@H]1NC(=O)[C@H](CCCCN)NC(=O)CNC(=O)[C@H](Cc2ccc(O)cc2)NC(=O)CCSSCCNC1=O. The normalized spacial score (nSPS) is 23.3. The molecule has 1 heterocycles. The fourth-order valence-corrected chi connectivity index (χ4v) is 5.78. The lowest BCUT2D eigenvalue weighted by atomic mass is 10.0. The molecule has 0 saturated carbocycles. The third kappa shape index (κ3) is 13.0. The largest absolute Gasteiger partial charge is 0.508 e. The fourth-order valence-electron chi connectivity index (χ4n) is 3.88. The molecular formula is C26H40N6O7S2. The van der Waals surface area contributed by atoms with Crippen LogP contribution in [0.5, 0.6) is 5.75 Å². The highest BCUT2D eigenvalue weighted by Crippen LogP contribution is 2.21. The molecule has 228 valence electrons. The lowest BCUT2D eigenvalue weighted by Gasteiger charge is -2.25. The van der Waals surface area contributed by atoms with Crippen molar-refractivity contribution >= 4 is 51.1 Å². The molecule has 0 bridgehead atoms. The summed E-state index contributed by atoms with van der Waals surface area (Å²) in [6, 6.07) is 2.97. The van der Waals surface area contributed by atoms with E-state index in [1.165, 1.54) is 40.6 Å². The first-order valence-corrected chi connectivity index (χ1v) is 15.9. The van der Waals surface area contributed by atoms with E-state index in [1.807, 2.05) is 0 Å². The van der Waals surface area contributed by atoms with E-state index in [1.54, 1.807) is 12.1 Å². The minimum absolute atomic E-state index is 0.0639. The molecule has 0 aromatic heterocycles. The molecule has 1 saturated heterocycles. The van der Waals surface area contributed by atoms with Gasteiger partial charge in [-0.3, -0.25) is 24.0 Å². The van der Waals surface area contributed by atoms with Gasteiger partial charge in [-0.25, -0.2) is 0 Å². The second-order valence-electron chi connectivity index (χ2n) is 9.52. The van der Waals surface area contributed by atoms with Crippen molar-refractivity contribution in [3.8, 4) is 5.75 Å². The zero-order valence-corrected chi connectivity index (χ0v) is 24.7. The van der Waals surface area contributed by atoms with E-state index in [0.717, 1.165) is 0 Å². The number of carbonyl (C=O) groups is 5. The number of nitrogens with one attached hydrogen (secondary N) is 5. The third-order valence-corrected chi connectivity index (χ3v) is 8.50. The topological polar surface area (TPSA) is 212 Å². The summed E-state index contributed by atoms with van der Waals surface area (Å²) >= 11 is 0. The first-order chi connectivity index (χ1) is 19.6. The minimum atomic E-state index is -1.23. The van der Waals surface area contributed by atoms with Crippen LogP contribution in [-0.4, -0.2) is 95.1 Å². The van der Waals surface area contributed by atoms with Gasteiger partial charge in [0, 0.05) is 30.9 Å². The molecule has 1 fully saturated rings. The van der Waals surface area contributed by atoms with Crippen molar-refractivity contribution in [3.63, 3.8) is 0 Å². The maximum Gasteiger partial charge on any atom is 0.245 e. The number of aromatic hydroxyl groups is 1. The van der Waals surface area contributed by atoms with Crippen LogP contribution < -0.4 is 32.3 Å². The average Bonchev–Trinajstić information content (AvgIpc) is 2.93. The second-order valence-corrected chi connectivity index (χ2v) is 12.2. The zero-order valence-electron chi connectivity index (χ0n) is 23.0. The van der Waals surface area contributed by atoms with Gasteiger partial charge in [0.1, 0.15) is 23.9 Å². The van der Waals surface area contributed by atoms with Gasteiger partial charge in [0.05, 0.1) is 12.6 Å². The van der Waals surface area contributed by atoms with Crippen molar-refractivity contribution in [2.24, 2.45) is 5.73 Å². The molecule has 1 aromatic rings. The zero-order chi connectivity index (χ0) is 30.2. The summed E-state index contributed by atoms with van der Waals surface area (Å²) in [5.74, 6) is -1.77. The van der Waals surface area contributed by atoms with Crippen LogP contribution in [0.3, 0.4) is 0 Å². The summed E-state index contributed by atoms with van der Waals surface area (Å²) in [5.41, 5.74) is 6.26. The first kappa shape index (κ1) is 34.2. The maximum atomic E-state index is 13.1. The van der Waals surface area contributed by atoms with Gasteiger partial charge in [-0.2, -0.15) is 0 Å². The number of phenolic OH excluding ortho intramolecular Hbond substituents is 1. The molecule has 5 amide bonds. The van der Waals surface area contributed by atoms with Gasteiger partial charge < -0.3 is 42.5 Å². The van der Waals surface area contributed by atoms with E-state index in [0.29, 0.717) is 36.5 Å². The summed E-state index contributed by atoms with van der Waals surface area (Å²) in [6.07, 6.45) is 0.427. The van der Waals surface area contributed by atoms with Crippen molar-refractivity contribution in [2.45, 2.75) is 63.3 Å². The van der Waals surface area contributed by atoms with E-state index < -0.39 is 54.4 Å². The molecule has 0 unspecified atom stereocenters. The lowest BCUT2D eigenvalue weighted by Crippen LogP contribution is -2.58. The standard InChI is InChI=1S/C26H40N6O7S2/c1-16(33)23-26(39)28-11-13-41-40-12-9-21(35)31-20(14-17-5-7-18(34)8-6-17)24(37)29-15-22(36)30-19(25(38)32-23)4-2-3-10-27/h5-8,16,19-20,23,33-34H,2-4,9-15,27H2,1H3,(H,28,39)(H,29,37)(H,30,36)(H,31,35)(H,32,38)/t16-,19+,20+,23+/m1/s1. The Morgan fingerprint density at radius 3 is 2.24 bits per heavy atom. The van der Waals surface area contributed by atoms with Gasteiger partial charge in [0.25, 0.3) is 0 Å². The molecule has 1 aliphatic heterocycles. The summed E-state index contributed by atoms with van der Waals surface area (Å²) in [6.45, 7) is 1.58. The van der Waals surface area contributed by atoms with Gasteiger partial charge in [-0.15, -0.1) is 0 Å². The number of benzene rings is 1. The second kappa shape index (κ2) is 18.4. The summed E-state index contributed by atoms with van der Waals surface area (Å²) < 4.78 is 0. The predicted octanol–water partition coefficient (Wildman–Crippen LogP) is -1.08. The summed E-state index contributed by atoms with van der Waals surface area (Å²) in [5, 5.41) is 32.7. The van der Waals surface area contributed by atoms with Crippen LogP contribution in [0.25, 0.3) is 0 Å². The Morgan fingerprint density at radius 2 is 1.56 bits per heavy atom. The molecule has 0 aliphatic carbocycles. The quantitative estimate of drug-likeness (QED) is 0.138. The van der Waals surface area contributed by atoms with Crippen molar-refractivity contribution in [3.05, 3.63) is 29.8 Å². The molecule has 1 aromatic carbocycles. The Balaban J connectivity index is 2.20. The van der Waals surface area contributed by atoms with Crippen LogP contribution in [0.2, 0.25) is 0 Å². The van der Waals surface area contributed by atoms with Crippen molar-refractivity contribution in [1.82, 2.24) is 26.6 Å². The molecule has 41 heavy (non-hydrogen) atoms. The first-order valence-electron chi connectivity index (χ1n) is 13.5. The van der Waals surface area contributed by atoms with E-state index in [-0.39, 0.29) is 37.5 Å². The number of hydrogen-bond acceptors (Lipinski definition) is 10. The molecule has 9 N–H and O–H groups in total. The Labute approximate surface area is 247 Å². The van der Waals surface area contributed by atoms with Crippen molar-refractivity contribution < 1.29 is 34.2 Å². The van der Waals surface area contributed by atoms with Crippen LogP contribution in [0.4, 0.5) is 0 Å². The Morgan fingerprint density at radius 1 is 0.878 bits per heavy atom. The van der Waals surface area contributed by atoms with Crippen LogP contribution in [0, 0.1) is 0 Å². The van der Waals surface area contributed by atoms with Gasteiger partial charge >= 0.3 is 0 Å². The Kier molecular flexibility index (Phi) is 15.4. The van der Waals surface area contributed by atoms with Crippen LogP contribution in [-0.2, 0) is 30.4 Å². The molecule has 1 aliphatic rings. The van der Waals surface area contributed by atoms with Crippen molar-refractivity contribution in [1.29, 1.82) is 0 Å². The van der Waals surface area contributed by atoms with E-state index in [4.69, 9.17) is 5.73 Å². The van der Waals surface area contributed by atoms with E-state index in [2.05, 4.69) is 26.6 Å². The fraction of sp³-hybridized carbons (Fsp3) is 0.577. The molecule has 2 rings (SSSR count). The van der Waals surface area contributed by atoms with Gasteiger partial charge in [0.2, 0.25) is 29.5 Å². The Hall–Kier alpha value is -3.01. The molecule has 13 nitrogen and oxygen atoms in total. The third-order valence-electron chi connectivity index (χ3n) is 6.09. The monoisotopic (exact) mass is 612 g/mol. The molecular weight excluding hydrogens is 572 g/mol. The van der Waals surface area contributed by atoms with Crippen molar-refractivity contribution in [2.75, 3.05) is 31.1 Å². The van der Waals surface area contributed by atoms with Gasteiger partial charge in [-0.05, 0) is 50.4 Å². The summed E-state index contributed by atoms with van der Waals surface area (Å²) in [4.78, 5) is 64.1. The molecule has 4 atom stereocenters. The number of carbonyl (C=O) groups excluding carboxylic acids is 5. The van der Waals surface area contributed by atoms with Gasteiger partial charge in [0.15, 0.2) is 0 Å².